The van der Waals surface area contributed by atoms with Gasteiger partial charge in [-0.3, -0.25) is 4.79 Å². The second kappa shape index (κ2) is 5.20. The van der Waals surface area contributed by atoms with E-state index in [1.165, 1.54) is 17.4 Å². The average Bonchev–Trinajstić information content (AvgIpc) is 2.79. The van der Waals surface area contributed by atoms with E-state index in [2.05, 4.69) is 5.16 Å². The van der Waals surface area contributed by atoms with Crippen LogP contribution in [0.2, 0.25) is 0 Å². The summed E-state index contributed by atoms with van der Waals surface area (Å²) in [5.41, 5.74) is 5.91. The summed E-state index contributed by atoms with van der Waals surface area (Å²) in [6.45, 7) is 2.15. The Bertz CT molecular complexity index is 373. The highest BCUT2D eigenvalue weighted by atomic mass is 16.4. The molecule has 0 bridgehead atoms. The maximum absolute atomic E-state index is 11.8. The van der Waals surface area contributed by atoms with E-state index in [1.807, 2.05) is 0 Å². The SMILES string of the molecule is CC(CN(C)C(=O)c1ccoc1)C(N)=NO. The van der Waals surface area contributed by atoms with Gasteiger partial charge in [-0.2, -0.15) is 0 Å². The van der Waals surface area contributed by atoms with Gasteiger partial charge in [0.05, 0.1) is 11.8 Å². The predicted octanol–water partition coefficient (Wildman–Crippen LogP) is 0.734. The largest absolute Gasteiger partial charge is 0.472 e. The number of hydrogen-bond acceptors (Lipinski definition) is 4. The molecule has 0 aromatic carbocycles. The van der Waals surface area contributed by atoms with Crippen molar-refractivity contribution in [3.8, 4) is 0 Å². The van der Waals surface area contributed by atoms with Crippen LogP contribution in [0.25, 0.3) is 0 Å². The Hall–Kier alpha value is -1.98. The van der Waals surface area contributed by atoms with E-state index in [0.717, 1.165) is 0 Å². The summed E-state index contributed by atoms with van der Waals surface area (Å²) in [4.78, 5) is 13.3. The lowest BCUT2D eigenvalue weighted by molar-refractivity contribution is 0.0785. The van der Waals surface area contributed by atoms with E-state index in [4.69, 9.17) is 15.4 Å². The first kappa shape index (κ1) is 12.1. The van der Waals surface area contributed by atoms with E-state index >= 15 is 0 Å². The van der Waals surface area contributed by atoms with Crippen molar-refractivity contribution in [2.75, 3.05) is 13.6 Å². The van der Waals surface area contributed by atoms with Gasteiger partial charge in [0, 0.05) is 19.5 Å². The molecule has 1 aromatic heterocycles. The van der Waals surface area contributed by atoms with Gasteiger partial charge in [0.2, 0.25) is 0 Å². The van der Waals surface area contributed by atoms with Crippen molar-refractivity contribution in [3.63, 3.8) is 0 Å². The van der Waals surface area contributed by atoms with Crippen molar-refractivity contribution in [2.24, 2.45) is 16.8 Å². The zero-order chi connectivity index (χ0) is 12.1. The lowest BCUT2D eigenvalue weighted by Gasteiger charge is -2.20. The molecule has 0 saturated heterocycles. The molecule has 16 heavy (non-hydrogen) atoms. The van der Waals surface area contributed by atoms with Crippen LogP contribution in [0.4, 0.5) is 0 Å². The summed E-state index contributed by atoms with van der Waals surface area (Å²) in [7, 11) is 1.65. The van der Waals surface area contributed by atoms with Crippen LogP contribution in [0.3, 0.4) is 0 Å². The summed E-state index contributed by atoms with van der Waals surface area (Å²) >= 11 is 0. The molecule has 0 aliphatic rings. The molecule has 0 radical (unpaired) electrons. The highest BCUT2D eigenvalue weighted by Gasteiger charge is 2.17. The second-order valence-corrected chi connectivity index (χ2v) is 3.62. The zero-order valence-electron chi connectivity index (χ0n) is 9.25. The van der Waals surface area contributed by atoms with Crippen molar-refractivity contribution in [1.82, 2.24) is 4.90 Å². The number of hydrogen-bond donors (Lipinski definition) is 2. The maximum Gasteiger partial charge on any atom is 0.256 e. The Morgan fingerprint density at radius 3 is 2.94 bits per heavy atom. The number of rotatable bonds is 4. The number of nitrogens with zero attached hydrogens (tertiary/aromatic N) is 2. The van der Waals surface area contributed by atoms with Gasteiger partial charge < -0.3 is 20.3 Å². The number of amidine groups is 1. The first-order valence-corrected chi connectivity index (χ1v) is 4.81. The van der Waals surface area contributed by atoms with Crippen molar-refractivity contribution >= 4 is 11.7 Å². The average molecular weight is 225 g/mol. The van der Waals surface area contributed by atoms with Crippen LogP contribution in [-0.2, 0) is 0 Å². The monoisotopic (exact) mass is 225 g/mol. The molecule has 1 aromatic rings. The topological polar surface area (TPSA) is 92.1 Å². The highest BCUT2D eigenvalue weighted by Crippen LogP contribution is 2.06. The number of nitrogens with two attached hydrogens (primary N) is 1. The van der Waals surface area contributed by atoms with Gasteiger partial charge >= 0.3 is 0 Å². The Balaban J connectivity index is 2.59. The number of furan rings is 1. The molecule has 0 aliphatic heterocycles. The Labute approximate surface area is 93.3 Å². The van der Waals surface area contributed by atoms with Crippen molar-refractivity contribution in [2.45, 2.75) is 6.92 Å². The normalized spacial score (nSPS) is 13.5. The third kappa shape index (κ3) is 2.75. The van der Waals surface area contributed by atoms with Crippen LogP contribution in [-0.4, -0.2) is 35.4 Å². The van der Waals surface area contributed by atoms with Crippen LogP contribution in [0, 0.1) is 5.92 Å². The van der Waals surface area contributed by atoms with Gasteiger partial charge in [0.15, 0.2) is 0 Å². The molecule has 0 saturated carbocycles. The smallest absolute Gasteiger partial charge is 0.256 e. The van der Waals surface area contributed by atoms with Gasteiger partial charge in [-0.05, 0) is 6.07 Å². The number of oxime groups is 1. The van der Waals surface area contributed by atoms with Gasteiger partial charge in [-0.25, -0.2) is 0 Å². The van der Waals surface area contributed by atoms with E-state index in [0.29, 0.717) is 12.1 Å². The Morgan fingerprint density at radius 1 is 1.75 bits per heavy atom. The first-order valence-electron chi connectivity index (χ1n) is 4.81. The molecule has 1 amide bonds. The number of amides is 1. The predicted molar refractivity (Wildman–Crippen MR) is 58.2 cm³/mol. The van der Waals surface area contributed by atoms with Crippen molar-refractivity contribution in [3.05, 3.63) is 24.2 Å². The fourth-order valence-corrected chi connectivity index (χ4v) is 1.29. The second-order valence-electron chi connectivity index (χ2n) is 3.62. The summed E-state index contributed by atoms with van der Waals surface area (Å²) in [5.74, 6) is -0.260. The molecule has 1 atom stereocenters. The number of carbonyl (C=O) groups is 1. The third-order valence-corrected chi connectivity index (χ3v) is 2.28. The summed E-state index contributed by atoms with van der Waals surface area (Å²) in [5, 5.41) is 11.4. The standard InChI is InChI=1S/C10H15N3O3/c1-7(9(11)12-15)5-13(2)10(14)8-3-4-16-6-8/h3-4,6-7,15H,5H2,1-2H3,(H2,11,12). The molecule has 88 valence electrons. The summed E-state index contributed by atoms with van der Waals surface area (Å²) < 4.78 is 4.82. The van der Waals surface area contributed by atoms with E-state index in [-0.39, 0.29) is 17.7 Å². The fraction of sp³-hybridized carbons (Fsp3) is 0.400. The van der Waals surface area contributed by atoms with E-state index in [1.54, 1.807) is 20.0 Å². The summed E-state index contributed by atoms with van der Waals surface area (Å²) in [6, 6.07) is 1.59. The van der Waals surface area contributed by atoms with Crippen LogP contribution in [0.15, 0.2) is 28.2 Å². The van der Waals surface area contributed by atoms with Gasteiger partial charge in [-0.15, -0.1) is 0 Å². The third-order valence-electron chi connectivity index (χ3n) is 2.28. The van der Waals surface area contributed by atoms with Gasteiger partial charge in [-0.1, -0.05) is 12.1 Å². The van der Waals surface area contributed by atoms with E-state index in [9.17, 15) is 4.79 Å². The minimum atomic E-state index is -0.203. The highest BCUT2D eigenvalue weighted by molar-refractivity contribution is 5.94. The molecule has 0 aliphatic carbocycles. The van der Waals surface area contributed by atoms with Crippen LogP contribution in [0.5, 0.6) is 0 Å². The molecular formula is C10H15N3O3. The van der Waals surface area contributed by atoms with Crippen LogP contribution >= 0.6 is 0 Å². The fourth-order valence-electron chi connectivity index (χ4n) is 1.29. The lowest BCUT2D eigenvalue weighted by atomic mass is 10.1. The number of carbonyl (C=O) groups excluding carboxylic acids is 1. The quantitative estimate of drug-likeness (QED) is 0.342. The first-order chi connectivity index (χ1) is 7.56. The lowest BCUT2D eigenvalue weighted by Crippen LogP contribution is -2.36. The summed E-state index contributed by atoms with van der Waals surface area (Å²) in [6.07, 6.45) is 2.82. The molecule has 1 heterocycles. The zero-order valence-corrected chi connectivity index (χ0v) is 9.25. The van der Waals surface area contributed by atoms with Crippen molar-refractivity contribution in [1.29, 1.82) is 0 Å². The Morgan fingerprint density at radius 2 is 2.44 bits per heavy atom. The minimum Gasteiger partial charge on any atom is -0.472 e. The molecule has 0 spiro atoms. The molecule has 3 N–H and O–H groups in total. The minimum absolute atomic E-state index is 0.104. The molecule has 1 unspecified atom stereocenters. The van der Waals surface area contributed by atoms with Crippen molar-refractivity contribution < 1.29 is 14.4 Å². The van der Waals surface area contributed by atoms with Crippen LogP contribution < -0.4 is 5.73 Å². The Kier molecular flexibility index (Phi) is 3.93. The molecule has 6 heteroatoms. The van der Waals surface area contributed by atoms with Gasteiger partial charge in [0.25, 0.3) is 5.91 Å². The van der Waals surface area contributed by atoms with Crippen LogP contribution in [0.1, 0.15) is 17.3 Å². The maximum atomic E-state index is 11.8. The molecule has 0 fully saturated rings. The molecule has 6 nitrogen and oxygen atoms in total. The van der Waals surface area contributed by atoms with E-state index < -0.39 is 0 Å². The molecule has 1 rings (SSSR count). The van der Waals surface area contributed by atoms with Gasteiger partial charge in [0.1, 0.15) is 12.1 Å². The molecular weight excluding hydrogens is 210 g/mol.